The summed E-state index contributed by atoms with van der Waals surface area (Å²) in [7, 11) is 1.66. The van der Waals surface area contributed by atoms with Crippen molar-refractivity contribution in [2.75, 3.05) is 18.9 Å². The van der Waals surface area contributed by atoms with Crippen molar-refractivity contribution in [1.82, 2.24) is 15.3 Å². The molecule has 3 rings (SSSR count). The lowest BCUT2D eigenvalue weighted by Gasteiger charge is -2.10. The van der Waals surface area contributed by atoms with Gasteiger partial charge in [0.15, 0.2) is 0 Å². The molecule has 2 N–H and O–H groups in total. The van der Waals surface area contributed by atoms with E-state index in [2.05, 4.69) is 30.6 Å². The molecule has 0 atom stereocenters. The van der Waals surface area contributed by atoms with Crippen molar-refractivity contribution >= 4 is 23.9 Å². The molecule has 0 bridgehead atoms. The largest absolute Gasteiger partial charge is 0.323 e. The lowest BCUT2D eigenvalue weighted by Crippen LogP contribution is -2.32. The number of amides is 1. The van der Waals surface area contributed by atoms with Crippen molar-refractivity contribution in [3.8, 4) is 11.1 Å². The fourth-order valence-electron chi connectivity index (χ4n) is 2.84. The Kier molecular flexibility index (Phi) is 7.31. The van der Waals surface area contributed by atoms with E-state index in [4.69, 9.17) is 0 Å². The number of nitrogens with one attached hydrogen (secondary N) is 2. The van der Waals surface area contributed by atoms with Crippen LogP contribution in [0.25, 0.3) is 11.1 Å². The van der Waals surface area contributed by atoms with Crippen LogP contribution in [0.15, 0.2) is 64.3 Å². The Bertz CT molecular complexity index is 1070. The number of aliphatic imine (C=N–C) groups is 2. The van der Waals surface area contributed by atoms with Crippen LogP contribution in [0.5, 0.6) is 0 Å². The first-order valence-electron chi connectivity index (χ1n) is 9.65. The van der Waals surface area contributed by atoms with Crippen LogP contribution in [-0.2, 0) is 11.2 Å². The average Bonchev–Trinajstić information content (AvgIpc) is 2.75. The number of hydrogen-bond donors (Lipinski definition) is 2. The fourth-order valence-corrected chi connectivity index (χ4v) is 2.84. The third kappa shape index (κ3) is 6.11. The summed E-state index contributed by atoms with van der Waals surface area (Å²) in [5.74, 6) is -0.794. The van der Waals surface area contributed by atoms with E-state index in [1.54, 1.807) is 31.7 Å². The summed E-state index contributed by atoms with van der Waals surface area (Å²) in [5.41, 5.74) is 2.18. The number of carbonyl (C=O) groups excluding carboxylic acids is 1. The van der Waals surface area contributed by atoms with Crippen molar-refractivity contribution in [1.29, 1.82) is 0 Å². The highest BCUT2D eigenvalue weighted by Crippen LogP contribution is 2.22. The molecule has 2 aromatic rings. The zero-order chi connectivity index (χ0) is 22.2. The number of rotatable bonds is 6. The normalized spacial score (nSPS) is 14.3. The highest BCUT2D eigenvalue weighted by atomic mass is 19.1. The smallest absolute Gasteiger partial charge is 0.230 e. The van der Waals surface area contributed by atoms with Gasteiger partial charge in [-0.2, -0.15) is 0 Å². The predicted octanol–water partition coefficient (Wildman–Crippen LogP) is 3.61. The molecule has 0 spiro atoms. The SMILES string of the molecule is C/C=C(\C=N/C)Nc1ncc(-c2ccc(CC(=O)NC3=NCCC(F)=C3)c(F)c2)cn1. The molecule has 9 heteroatoms. The van der Waals surface area contributed by atoms with E-state index in [1.807, 2.05) is 13.0 Å². The zero-order valence-electron chi connectivity index (χ0n) is 17.2. The minimum Gasteiger partial charge on any atom is -0.323 e. The molecule has 1 aliphatic rings. The van der Waals surface area contributed by atoms with E-state index in [1.165, 1.54) is 18.2 Å². The van der Waals surface area contributed by atoms with Crippen molar-refractivity contribution in [2.45, 2.75) is 19.8 Å². The van der Waals surface area contributed by atoms with Gasteiger partial charge in [-0.3, -0.25) is 14.8 Å². The Morgan fingerprint density at radius 1 is 1.19 bits per heavy atom. The number of amidine groups is 1. The van der Waals surface area contributed by atoms with Crippen molar-refractivity contribution in [3.05, 3.63) is 65.6 Å². The summed E-state index contributed by atoms with van der Waals surface area (Å²) in [6, 6.07) is 4.55. The van der Waals surface area contributed by atoms with Crippen LogP contribution in [0.4, 0.5) is 14.7 Å². The Morgan fingerprint density at radius 3 is 2.61 bits per heavy atom. The molecule has 1 amide bonds. The van der Waals surface area contributed by atoms with E-state index in [0.29, 0.717) is 17.1 Å². The average molecular weight is 424 g/mol. The molecule has 0 saturated heterocycles. The van der Waals surface area contributed by atoms with Crippen LogP contribution in [0.2, 0.25) is 0 Å². The minimum absolute atomic E-state index is 0.155. The molecular formula is C22H22F2N6O. The van der Waals surface area contributed by atoms with E-state index < -0.39 is 11.7 Å². The monoisotopic (exact) mass is 424 g/mol. The van der Waals surface area contributed by atoms with E-state index >= 15 is 0 Å². The van der Waals surface area contributed by atoms with Gasteiger partial charge in [0.05, 0.1) is 12.1 Å². The van der Waals surface area contributed by atoms with Crippen LogP contribution in [0, 0.1) is 5.82 Å². The molecule has 7 nitrogen and oxygen atoms in total. The Hall–Kier alpha value is -3.75. The fraction of sp³-hybridized carbons (Fsp3) is 0.227. The molecule has 1 aliphatic heterocycles. The number of nitrogens with zero attached hydrogens (tertiary/aromatic N) is 4. The maximum atomic E-state index is 14.6. The highest BCUT2D eigenvalue weighted by Gasteiger charge is 2.13. The maximum Gasteiger partial charge on any atom is 0.230 e. The van der Waals surface area contributed by atoms with Gasteiger partial charge in [-0.05, 0) is 24.1 Å². The molecule has 1 aromatic carbocycles. The van der Waals surface area contributed by atoms with Gasteiger partial charge in [0.25, 0.3) is 0 Å². The summed E-state index contributed by atoms with van der Waals surface area (Å²) in [6.07, 6.45) is 7.85. The van der Waals surface area contributed by atoms with Crippen molar-refractivity contribution in [2.24, 2.45) is 9.98 Å². The second-order valence-corrected chi connectivity index (χ2v) is 6.69. The summed E-state index contributed by atoms with van der Waals surface area (Å²) in [6.45, 7) is 2.14. The van der Waals surface area contributed by atoms with Crippen LogP contribution < -0.4 is 10.6 Å². The van der Waals surface area contributed by atoms with E-state index in [-0.39, 0.29) is 36.6 Å². The zero-order valence-corrected chi connectivity index (χ0v) is 17.2. The van der Waals surface area contributed by atoms with Crippen molar-refractivity contribution < 1.29 is 13.6 Å². The molecule has 1 aromatic heterocycles. The summed E-state index contributed by atoms with van der Waals surface area (Å²) >= 11 is 0. The number of carbonyl (C=O) groups is 1. The van der Waals surface area contributed by atoms with Crippen LogP contribution >= 0.6 is 0 Å². The first-order chi connectivity index (χ1) is 15.0. The van der Waals surface area contributed by atoms with Gasteiger partial charge in [0, 0.05) is 50.3 Å². The number of aromatic nitrogens is 2. The van der Waals surface area contributed by atoms with Gasteiger partial charge in [-0.25, -0.2) is 18.7 Å². The molecule has 0 saturated carbocycles. The van der Waals surface area contributed by atoms with Gasteiger partial charge in [-0.1, -0.05) is 18.2 Å². The van der Waals surface area contributed by atoms with Gasteiger partial charge in [0.1, 0.15) is 17.5 Å². The molecule has 0 radical (unpaired) electrons. The van der Waals surface area contributed by atoms with Crippen molar-refractivity contribution in [3.63, 3.8) is 0 Å². The molecule has 160 valence electrons. The standard InChI is InChI=1S/C22H22F2N6O/c1-3-18(13-25-2)29-22-27-11-16(12-28-22)14-4-5-15(19(24)8-14)9-21(31)30-20-10-17(23)6-7-26-20/h3-5,8,10-13H,6-7,9H2,1-2H3,(H,26,30,31)(H,27,28,29)/b18-3+,25-13-. The van der Waals surface area contributed by atoms with Gasteiger partial charge in [0.2, 0.25) is 11.9 Å². The predicted molar refractivity (Wildman–Crippen MR) is 117 cm³/mol. The number of anilines is 1. The molecule has 0 aliphatic carbocycles. The quantitative estimate of drug-likeness (QED) is 0.693. The van der Waals surface area contributed by atoms with Crippen LogP contribution in [0.1, 0.15) is 18.9 Å². The first kappa shape index (κ1) is 21.9. The van der Waals surface area contributed by atoms with Gasteiger partial charge < -0.3 is 10.6 Å². The second kappa shape index (κ2) is 10.3. The molecule has 0 fully saturated rings. The van der Waals surface area contributed by atoms with Crippen LogP contribution in [0.3, 0.4) is 0 Å². The number of dihydropyridines is 1. The lowest BCUT2D eigenvalue weighted by molar-refractivity contribution is -0.119. The molecular weight excluding hydrogens is 402 g/mol. The van der Waals surface area contributed by atoms with E-state index in [0.717, 1.165) is 5.70 Å². The highest BCUT2D eigenvalue weighted by molar-refractivity contribution is 6.05. The topological polar surface area (TPSA) is 91.6 Å². The third-order valence-electron chi connectivity index (χ3n) is 4.42. The lowest BCUT2D eigenvalue weighted by atomic mass is 10.0. The Morgan fingerprint density at radius 2 is 1.97 bits per heavy atom. The van der Waals surface area contributed by atoms with Gasteiger partial charge >= 0.3 is 0 Å². The van der Waals surface area contributed by atoms with Gasteiger partial charge in [-0.15, -0.1) is 0 Å². The number of halogens is 2. The number of benzene rings is 1. The van der Waals surface area contributed by atoms with E-state index in [9.17, 15) is 13.6 Å². The minimum atomic E-state index is -0.530. The molecule has 31 heavy (non-hydrogen) atoms. The number of allylic oxidation sites excluding steroid dienone is 2. The summed E-state index contributed by atoms with van der Waals surface area (Å²) in [5, 5.41) is 5.51. The summed E-state index contributed by atoms with van der Waals surface area (Å²) < 4.78 is 27.8. The first-order valence-corrected chi connectivity index (χ1v) is 9.65. The summed E-state index contributed by atoms with van der Waals surface area (Å²) in [4.78, 5) is 28.6. The maximum absolute atomic E-state index is 14.6. The van der Waals surface area contributed by atoms with Crippen LogP contribution in [-0.4, -0.2) is 41.5 Å². The molecule has 0 unspecified atom stereocenters. The number of hydrogen-bond acceptors (Lipinski definition) is 6. The third-order valence-corrected chi connectivity index (χ3v) is 4.42. The Balaban J connectivity index is 1.66. The molecule has 2 heterocycles. The Labute approximate surface area is 178 Å². The second-order valence-electron chi connectivity index (χ2n) is 6.69.